The first-order chi connectivity index (χ1) is 19.0. The fraction of sp³-hybridized carbons (Fsp3) is 0.367. The quantitative estimate of drug-likeness (QED) is 0.374. The molecule has 9 nitrogen and oxygen atoms in total. The van der Waals surface area contributed by atoms with E-state index in [2.05, 4.69) is 22.3 Å². The highest BCUT2D eigenvalue weighted by Crippen LogP contribution is 2.32. The number of likely N-dealkylation sites (tertiary alicyclic amines) is 1. The lowest BCUT2D eigenvalue weighted by Crippen LogP contribution is -2.51. The number of carbonyl (C=O) groups excluding carboxylic acids is 2. The summed E-state index contributed by atoms with van der Waals surface area (Å²) in [6.07, 6.45) is 3.48. The number of hydrogen-bond donors (Lipinski definition) is 3. The second-order valence-electron chi connectivity index (χ2n) is 10.5. The zero-order valence-corrected chi connectivity index (χ0v) is 23.5. The number of rotatable bonds is 5. The summed E-state index contributed by atoms with van der Waals surface area (Å²) in [6.45, 7) is 6.06. The van der Waals surface area contributed by atoms with Crippen molar-refractivity contribution in [3.8, 4) is 28.8 Å². The predicted octanol–water partition coefficient (Wildman–Crippen LogP) is 5.03. The number of nitrogens with one attached hydrogen (secondary N) is 1. The van der Waals surface area contributed by atoms with E-state index in [9.17, 15) is 19.8 Å². The number of phenolic OH excluding ortho intramolecular Hbond substituents is 1. The Morgan fingerprint density at radius 1 is 1.15 bits per heavy atom. The summed E-state index contributed by atoms with van der Waals surface area (Å²) in [5, 5.41) is 27.5. The summed E-state index contributed by atoms with van der Waals surface area (Å²) in [4.78, 5) is 27.3. The van der Waals surface area contributed by atoms with Crippen LogP contribution in [0.2, 0.25) is 5.02 Å². The van der Waals surface area contributed by atoms with Crippen LogP contribution in [0.15, 0.2) is 48.7 Å². The molecule has 2 heterocycles. The van der Waals surface area contributed by atoms with Gasteiger partial charge in [0.25, 0.3) is 0 Å². The molecule has 4 rings (SSSR count). The molecule has 1 saturated heterocycles. The summed E-state index contributed by atoms with van der Waals surface area (Å²) >= 11 is 6.13. The molecule has 40 heavy (non-hydrogen) atoms. The van der Waals surface area contributed by atoms with E-state index in [1.807, 2.05) is 0 Å². The molecule has 1 aromatic heterocycles. The molecule has 3 N–H and O–H groups in total. The van der Waals surface area contributed by atoms with Crippen molar-refractivity contribution in [2.75, 3.05) is 18.5 Å². The number of halogens is 1. The van der Waals surface area contributed by atoms with Crippen LogP contribution in [-0.4, -0.2) is 61.7 Å². The number of hydrogen-bond acceptors (Lipinski definition) is 6. The molecular formula is C30H33ClN4O5. The SMILES string of the molecule is CC(C)(C)OC(=O)N1CCCC[C@H]1C(=O)Nc1ccc(C#Cc2cn(CCO)nc2-c2cc(Cl)ccc2O)cc1. The molecule has 0 spiro atoms. The van der Waals surface area contributed by atoms with Crippen LogP contribution in [0.5, 0.6) is 5.75 Å². The second kappa shape index (κ2) is 12.5. The van der Waals surface area contributed by atoms with Gasteiger partial charge in [0.15, 0.2) is 0 Å². The van der Waals surface area contributed by atoms with E-state index in [4.69, 9.17) is 16.3 Å². The zero-order chi connectivity index (χ0) is 28.9. The van der Waals surface area contributed by atoms with E-state index in [-0.39, 0.29) is 24.8 Å². The van der Waals surface area contributed by atoms with Crippen molar-refractivity contribution >= 4 is 29.3 Å². The molecule has 1 aliphatic rings. The highest BCUT2D eigenvalue weighted by Gasteiger charge is 2.34. The minimum atomic E-state index is -0.640. The molecule has 210 valence electrons. The Morgan fingerprint density at radius 3 is 2.60 bits per heavy atom. The number of carbonyl (C=O) groups is 2. The maximum Gasteiger partial charge on any atom is 0.410 e. The van der Waals surface area contributed by atoms with Gasteiger partial charge >= 0.3 is 6.09 Å². The molecule has 2 amide bonds. The summed E-state index contributed by atoms with van der Waals surface area (Å²) in [7, 11) is 0. The van der Waals surface area contributed by atoms with Gasteiger partial charge in [0.05, 0.1) is 18.7 Å². The minimum Gasteiger partial charge on any atom is -0.507 e. The van der Waals surface area contributed by atoms with Crippen molar-refractivity contribution in [2.45, 2.75) is 58.2 Å². The first kappa shape index (κ1) is 29.0. The first-order valence-corrected chi connectivity index (χ1v) is 13.5. The molecule has 0 unspecified atom stereocenters. The lowest BCUT2D eigenvalue weighted by atomic mass is 10.0. The van der Waals surface area contributed by atoms with Crippen molar-refractivity contribution in [2.24, 2.45) is 0 Å². The fourth-order valence-electron chi connectivity index (χ4n) is 4.37. The Bertz CT molecular complexity index is 1430. The van der Waals surface area contributed by atoms with Crippen LogP contribution < -0.4 is 5.32 Å². The Labute approximate surface area is 238 Å². The molecule has 3 aromatic rings. The topological polar surface area (TPSA) is 117 Å². The monoisotopic (exact) mass is 564 g/mol. The molecule has 1 aliphatic heterocycles. The van der Waals surface area contributed by atoms with Crippen LogP contribution in [0, 0.1) is 11.8 Å². The third kappa shape index (κ3) is 7.34. The average molecular weight is 565 g/mol. The number of ether oxygens (including phenoxy) is 1. The third-order valence-electron chi connectivity index (χ3n) is 6.23. The average Bonchev–Trinajstić information content (AvgIpc) is 3.31. The van der Waals surface area contributed by atoms with E-state index >= 15 is 0 Å². The largest absolute Gasteiger partial charge is 0.507 e. The number of piperidine rings is 1. The van der Waals surface area contributed by atoms with Gasteiger partial charge in [-0.05, 0) is 82.5 Å². The molecule has 0 saturated carbocycles. The molecule has 0 radical (unpaired) electrons. The lowest BCUT2D eigenvalue weighted by Gasteiger charge is -2.35. The number of phenols is 1. The van der Waals surface area contributed by atoms with Crippen LogP contribution >= 0.6 is 11.6 Å². The molecule has 0 bridgehead atoms. The first-order valence-electron chi connectivity index (χ1n) is 13.1. The number of aromatic nitrogens is 2. The summed E-state index contributed by atoms with van der Waals surface area (Å²) in [5.74, 6) is 5.93. The van der Waals surface area contributed by atoms with Gasteiger partial charge in [-0.3, -0.25) is 14.4 Å². The molecule has 1 atom stereocenters. The minimum absolute atomic E-state index is 0.0185. The van der Waals surface area contributed by atoms with Crippen LogP contribution in [0.25, 0.3) is 11.3 Å². The molecule has 2 aromatic carbocycles. The standard InChI is InChI=1S/C30H33ClN4O5/c1-30(2,3)40-29(39)35-15-5-4-6-25(35)28(38)32-23-12-8-20(9-13-23)7-10-21-19-34(16-17-36)33-27(21)24-18-22(31)11-14-26(24)37/h8-9,11-14,18-19,25,36-37H,4-6,15-17H2,1-3H3,(H,32,38)/t25-/m0/s1. The Hall–Kier alpha value is -4.00. The highest BCUT2D eigenvalue weighted by molar-refractivity contribution is 6.31. The maximum atomic E-state index is 13.1. The van der Waals surface area contributed by atoms with Gasteiger partial charge < -0.3 is 20.3 Å². The number of aliphatic hydroxyl groups excluding tert-OH is 1. The van der Waals surface area contributed by atoms with E-state index in [1.165, 1.54) is 11.0 Å². The summed E-state index contributed by atoms with van der Waals surface area (Å²) < 4.78 is 7.06. The number of amides is 2. The normalized spacial score (nSPS) is 15.2. The Balaban J connectivity index is 1.49. The van der Waals surface area contributed by atoms with Crippen molar-refractivity contribution in [1.29, 1.82) is 0 Å². The smallest absolute Gasteiger partial charge is 0.410 e. The molecule has 10 heteroatoms. The third-order valence-corrected chi connectivity index (χ3v) is 6.47. The van der Waals surface area contributed by atoms with Gasteiger partial charge in [-0.2, -0.15) is 5.10 Å². The summed E-state index contributed by atoms with van der Waals surface area (Å²) in [6, 6.07) is 11.2. The predicted molar refractivity (Wildman–Crippen MR) is 153 cm³/mol. The number of nitrogens with zero attached hydrogens (tertiary/aromatic N) is 3. The number of aliphatic hydroxyl groups is 1. The Morgan fingerprint density at radius 2 is 1.90 bits per heavy atom. The van der Waals surface area contributed by atoms with Crippen LogP contribution in [0.1, 0.15) is 51.2 Å². The van der Waals surface area contributed by atoms with Crippen LogP contribution in [0.3, 0.4) is 0 Å². The number of aromatic hydroxyl groups is 1. The van der Waals surface area contributed by atoms with Gasteiger partial charge in [0, 0.05) is 34.6 Å². The van der Waals surface area contributed by atoms with Gasteiger partial charge in [0.2, 0.25) is 5.91 Å². The second-order valence-corrected chi connectivity index (χ2v) is 11.0. The van der Waals surface area contributed by atoms with Crippen molar-refractivity contribution < 1.29 is 24.5 Å². The lowest BCUT2D eigenvalue weighted by molar-refractivity contribution is -0.122. The number of benzene rings is 2. The maximum absolute atomic E-state index is 13.1. The van der Waals surface area contributed by atoms with E-state index in [0.717, 1.165) is 12.8 Å². The highest BCUT2D eigenvalue weighted by atomic mass is 35.5. The van der Waals surface area contributed by atoms with Crippen molar-refractivity contribution in [3.05, 3.63) is 64.8 Å². The van der Waals surface area contributed by atoms with E-state index < -0.39 is 17.7 Å². The molecule has 1 fully saturated rings. The van der Waals surface area contributed by atoms with Gasteiger partial charge in [0.1, 0.15) is 23.1 Å². The van der Waals surface area contributed by atoms with E-state index in [1.54, 1.807) is 68.0 Å². The van der Waals surface area contributed by atoms with Crippen molar-refractivity contribution in [1.82, 2.24) is 14.7 Å². The fourth-order valence-corrected chi connectivity index (χ4v) is 4.54. The number of anilines is 1. The van der Waals surface area contributed by atoms with Crippen molar-refractivity contribution in [3.63, 3.8) is 0 Å². The Kier molecular flexibility index (Phi) is 9.03. The van der Waals surface area contributed by atoms with Gasteiger partial charge in [-0.1, -0.05) is 23.4 Å². The van der Waals surface area contributed by atoms with Gasteiger partial charge in [-0.15, -0.1) is 0 Å². The summed E-state index contributed by atoms with van der Waals surface area (Å²) in [5.41, 5.74) is 2.09. The van der Waals surface area contributed by atoms with E-state index in [0.29, 0.717) is 46.1 Å². The molecular weight excluding hydrogens is 532 g/mol. The van der Waals surface area contributed by atoms with Crippen LogP contribution in [-0.2, 0) is 16.1 Å². The van der Waals surface area contributed by atoms with Crippen LogP contribution in [0.4, 0.5) is 10.5 Å². The molecule has 0 aliphatic carbocycles. The van der Waals surface area contributed by atoms with Gasteiger partial charge in [-0.25, -0.2) is 4.79 Å². The zero-order valence-electron chi connectivity index (χ0n) is 22.8.